The van der Waals surface area contributed by atoms with Crippen LogP contribution in [0.3, 0.4) is 0 Å². The van der Waals surface area contributed by atoms with Gasteiger partial charge in [0.2, 0.25) is 0 Å². The summed E-state index contributed by atoms with van der Waals surface area (Å²) in [5.41, 5.74) is 4.20. The second kappa shape index (κ2) is 4.51. The van der Waals surface area contributed by atoms with Crippen LogP contribution in [-0.4, -0.2) is 9.38 Å². The molecule has 0 spiro atoms. The maximum absolute atomic E-state index is 12.6. The van der Waals surface area contributed by atoms with E-state index in [0.717, 1.165) is 31.0 Å². The van der Waals surface area contributed by atoms with Crippen LogP contribution in [0.5, 0.6) is 0 Å². The third-order valence-electron chi connectivity index (χ3n) is 3.75. The summed E-state index contributed by atoms with van der Waals surface area (Å²) in [6.07, 6.45) is 1.94. The number of thiazole rings is 1. The molecule has 4 rings (SSSR count). The fourth-order valence-electron chi connectivity index (χ4n) is 2.47. The van der Waals surface area contributed by atoms with E-state index in [1.54, 1.807) is 15.7 Å². The summed E-state index contributed by atoms with van der Waals surface area (Å²) in [6.45, 7) is 4.12. The van der Waals surface area contributed by atoms with Gasteiger partial charge in [-0.1, -0.05) is 23.5 Å². The van der Waals surface area contributed by atoms with E-state index in [1.165, 1.54) is 16.9 Å². The first-order valence-corrected chi connectivity index (χ1v) is 8.31. The van der Waals surface area contributed by atoms with Crippen molar-refractivity contribution in [3.63, 3.8) is 0 Å². The number of fused-ring (bicyclic) bond motifs is 3. The number of rotatable bonds is 1. The van der Waals surface area contributed by atoms with E-state index in [2.05, 4.69) is 18.8 Å². The molecule has 5 heteroatoms. The minimum Gasteiger partial charge on any atom is -0.267 e. The third kappa shape index (κ3) is 1.85. The minimum atomic E-state index is 0.0224. The number of benzene rings is 1. The number of aromatic nitrogens is 2. The van der Waals surface area contributed by atoms with Crippen molar-refractivity contribution >= 4 is 44.7 Å². The molecule has 0 radical (unpaired) electrons. The van der Waals surface area contributed by atoms with E-state index in [9.17, 15) is 4.79 Å². The third-order valence-corrected chi connectivity index (χ3v) is 5.54. The Hall–Kier alpha value is -1.98. The molecule has 1 aromatic carbocycles. The lowest BCUT2D eigenvalue weighted by Gasteiger charge is -1.99. The first-order valence-electron chi connectivity index (χ1n) is 6.61. The summed E-state index contributed by atoms with van der Waals surface area (Å²) in [4.78, 5) is 19.1. The molecule has 4 aromatic rings. The number of aryl methyl sites for hydroxylation is 2. The van der Waals surface area contributed by atoms with Gasteiger partial charge < -0.3 is 0 Å². The molecule has 21 heavy (non-hydrogen) atoms. The van der Waals surface area contributed by atoms with Gasteiger partial charge in [-0.15, -0.1) is 11.3 Å². The summed E-state index contributed by atoms with van der Waals surface area (Å²) in [6, 6.07) is 8.03. The van der Waals surface area contributed by atoms with Crippen LogP contribution in [0.4, 0.5) is 0 Å². The highest BCUT2D eigenvalue weighted by atomic mass is 32.1. The summed E-state index contributed by atoms with van der Waals surface area (Å²) in [7, 11) is 0. The Labute approximate surface area is 128 Å². The van der Waals surface area contributed by atoms with Gasteiger partial charge in [-0.25, -0.2) is 9.38 Å². The molecule has 3 nitrogen and oxygen atoms in total. The average molecular weight is 312 g/mol. The molecule has 0 aliphatic rings. The van der Waals surface area contributed by atoms with Crippen LogP contribution in [0.25, 0.3) is 22.1 Å². The van der Waals surface area contributed by atoms with Gasteiger partial charge in [0.15, 0.2) is 4.96 Å². The highest BCUT2D eigenvalue weighted by molar-refractivity contribution is 7.15. The van der Waals surface area contributed by atoms with Gasteiger partial charge >= 0.3 is 0 Å². The normalized spacial score (nSPS) is 12.8. The molecule has 0 aliphatic carbocycles. The second-order valence-corrected chi connectivity index (χ2v) is 7.02. The Balaban J connectivity index is 2.10. The maximum Gasteiger partial charge on any atom is 0.274 e. The van der Waals surface area contributed by atoms with Crippen LogP contribution in [0.1, 0.15) is 16.0 Å². The Morgan fingerprint density at radius 2 is 2.10 bits per heavy atom. The van der Waals surface area contributed by atoms with Gasteiger partial charge in [0.05, 0.1) is 15.6 Å². The lowest BCUT2D eigenvalue weighted by atomic mass is 10.1. The highest BCUT2D eigenvalue weighted by Crippen LogP contribution is 2.22. The van der Waals surface area contributed by atoms with Crippen molar-refractivity contribution in [1.82, 2.24) is 9.38 Å². The minimum absolute atomic E-state index is 0.0224. The van der Waals surface area contributed by atoms with Crippen molar-refractivity contribution in [3.8, 4) is 0 Å². The van der Waals surface area contributed by atoms with Crippen LogP contribution in [0, 0.1) is 13.8 Å². The van der Waals surface area contributed by atoms with Gasteiger partial charge in [0.1, 0.15) is 0 Å². The molecule has 104 valence electrons. The van der Waals surface area contributed by atoms with Crippen molar-refractivity contribution in [2.24, 2.45) is 0 Å². The quantitative estimate of drug-likeness (QED) is 0.541. The van der Waals surface area contributed by atoms with Crippen LogP contribution in [-0.2, 0) is 0 Å². The number of hydrogen-bond donors (Lipinski definition) is 0. The summed E-state index contributed by atoms with van der Waals surface area (Å²) < 4.78 is 2.46. The lowest BCUT2D eigenvalue weighted by molar-refractivity contribution is 1.19. The van der Waals surface area contributed by atoms with E-state index in [-0.39, 0.29) is 5.56 Å². The van der Waals surface area contributed by atoms with E-state index in [0.29, 0.717) is 0 Å². The van der Waals surface area contributed by atoms with E-state index < -0.39 is 0 Å². The topological polar surface area (TPSA) is 34.4 Å². The SMILES string of the molecule is Cc1ccc2c(nc3s/c(=C\c4cccs4)c(=O)n32)c1C. The molecular weight excluding hydrogens is 300 g/mol. The highest BCUT2D eigenvalue weighted by Gasteiger charge is 2.13. The molecule has 0 saturated heterocycles. The zero-order chi connectivity index (χ0) is 14.6. The van der Waals surface area contributed by atoms with Crippen LogP contribution in [0.2, 0.25) is 0 Å². The Morgan fingerprint density at radius 1 is 1.24 bits per heavy atom. The first-order chi connectivity index (χ1) is 10.1. The summed E-state index contributed by atoms with van der Waals surface area (Å²) in [5.74, 6) is 0. The van der Waals surface area contributed by atoms with Crippen molar-refractivity contribution in [3.05, 3.63) is 60.5 Å². The van der Waals surface area contributed by atoms with Crippen LogP contribution in [0.15, 0.2) is 34.4 Å². The maximum atomic E-state index is 12.6. The smallest absolute Gasteiger partial charge is 0.267 e. The number of nitrogens with zero attached hydrogens (tertiary/aromatic N) is 2. The van der Waals surface area contributed by atoms with Crippen molar-refractivity contribution in [2.75, 3.05) is 0 Å². The van der Waals surface area contributed by atoms with Gasteiger partial charge in [0, 0.05) is 4.88 Å². The lowest BCUT2D eigenvalue weighted by Crippen LogP contribution is -2.22. The molecule has 0 amide bonds. The molecule has 0 saturated carbocycles. The second-order valence-electron chi connectivity index (χ2n) is 5.04. The fourth-order valence-corrected chi connectivity index (χ4v) is 4.17. The Bertz CT molecular complexity index is 1070. The molecular formula is C16H12N2OS2. The average Bonchev–Trinajstić information content (AvgIpc) is 3.14. The predicted molar refractivity (Wildman–Crippen MR) is 89.4 cm³/mol. The van der Waals surface area contributed by atoms with Crippen molar-refractivity contribution < 1.29 is 0 Å². The molecule has 0 atom stereocenters. The monoisotopic (exact) mass is 312 g/mol. The molecule has 0 unspecified atom stereocenters. The summed E-state index contributed by atoms with van der Waals surface area (Å²) >= 11 is 3.08. The first kappa shape index (κ1) is 12.7. The van der Waals surface area contributed by atoms with Crippen LogP contribution >= 0.6 is 22.7 Å². The van der Waals surface area contributed by atoms with Gasteiger partial charge in [-0.05, 0) is 48.6 Å². The molecule has 3 heterocycles. The molecule has 0 aliphatic heterocycles. The molecule has 0 fully saturated rings. The molecule has 0 bridgehead atoms. The number of hydrogen-bond acceptors (Lipinski definition) is 4. The van der Waals surface area contributed by atoms with Gasteiger partial charge in [-0.3, -0.25) is 4.79 Å². The standard InChI is InChI=1S/C16H12N2OS2/c1-9-5-6-12-14(10(9)2)17-16-18(12)15(19)13(21-16)8-11-4-3-7-20-11/h3-8H,1-2H3/b13-8-. The number of imidazole rings is 1. The zero-order valence-corrected chi connectivity index (χ0v) is 13.2. The van der Waals surface area contributed by atoms with Gasteiger partial charge in [0.25, 0.3) is 5.56 Å². The Morgan fingerprint density at radius 3 is 2.86 bits per heavy atom. The van der Waals surface area contributed by atoms with E-state index in [1.807, 2.05) is 35.7 Å². The van der Waals surface area contributed by atoms with Crippen molar-refractivity contribution in [2.45, 2.75) is 13.8 Å². The Kier molecular flexibility index (Phi) is 2.74. The predicted octanol–water partition coefficient (Wildman–Crippen LogP) is 3.14. The van der Waals surface area contributed by atoms with Crippen LogP contribution < -0.4 is 10.1 Å². The largest absolute Gasteiger partial charge is 0.274 e. The zero-order valence-electron chi connectivity index (χ0n) is 11.6. The molecule has 3 aromatic heterocycles. The molecule has 0 N–H and O–H groups in total. The van der Waals surface area contributed by atoms with E-state index in [4.69, 9.17) is 0 Å². The summed E-state index contributed by atoms with van der Waals surface area (Å²) in [5, 5.41) is 2.01. The number of thiophene rings is 1. The van der Waals surface area contributed by atoms with Crippen molar-refractivity contribution in [1.29, 1.82) is 0 Å². The van der Waals surface area contributed by atoms with Gasteiger partial charge in [-0.2, -0.15) is 0 Å². The fraction of sp³-hybridized carbons (Fsp3) is 0.125. The van der Waals surface area contributed by atoms with E-state index >= 15 is 0 Å².